The summed E-state index contributed by atoms with van der Waals surface area (Å²) in [4.78, 5) is 4.20. The fraction of sp³-hybridized carbons (Fsp3) is 0.176. The largest absolute Gasteiger partial charge is 0.493 e. The molecule has 2 aromatic heterocycles. The highest BCUT2D eigenvalue weighted by atomic mass is 32.1. The van der Waals surface area contributed by atoms with Crippen LogP contribution in [-0.4, -0.2) is 47.4 Å². The molecule has 134 valence electrons. The number of aromatic amines is 1. The summed E-state index contributed by atoms with van der Waals surface area (Å²) >= 11 is 5.28. The first-order valence-corrected chi connectivity index (χ1v) is 8.02. The van der Waals surface area contributed by atoms with Crippen molar-refractivity contribution in [1.29, 1.82) is 0 Å². The minimum Gasteiger partial charge on any atom is -0.493 e. The van der Waals surface area contributed by atoms with E-state index in [0.717, 1.165) is 0 Å². The normalized spacial score (nSPS) is 10.9. The highest BCUT2D eigenvalue weighted by Crippen LogP contribution is 2.40. The molecule has 0 bridgehead atoms. The molecule has 0 saturated carbocycles. The molecule has 1 aromatic carbocycles. The van der Waals surface area contributed by atoms with E-state index in [2.05, 4.69) is 20.3 Å². The minimum atomic E-state index is 0.348. The number of rotatable bonds is 6. The molecule has 0 amide bonds. The Morgan fingerprint density at radius 2 is 1.85 bits per heavy atom. The van der Waals surface area contributed by atoms with Gasteiger partial charge in [-0.05, 0) is 36.5 Å². The number of hydrogen-bond donors (Lipinski definition) is 1. The number of nitrogens with one attached hydrogen (secondary N) is 1. The minimum absolute atomic E-state index is 0.348. The first-order valence-electron chi connectivity index (χ1n) is 7.61. The highest BCUT2D eigenvalue weighted by molar-refractivity contribution is 7.71. The Bertz CT molecular complexity index is 957. The Morgan fingerprint density at radius 1 is 1.12 bits per heavy atom. The van der Waals surface area contributed by atoms with Gasteiger partial charge in [-0.15, -0.1) is 0 Å². The van der Waals surface area contributed by atoms with Gasteiger partial charge in [0, 0.05) is 11.8 Å². The van der Waals surface area contributed by atoms with Gasteiger partial charge < -0.3 is 14.2 Å². The van der Waals surface area contributed by atoms with Crippen LogP contribution in [0, 0.1) is 4.77 Å². The van der Waals surface area contributed by atoms with Crippen LogP contribution in [0.25, 0.3) is 11.4 Å². The van der Waals surface area contributed by atoms with Crippen molar-refractivity contribution in [3.05, 3.63) is 47.0 Å². The van der Waals surface area contributed by atoms with Crippen molar-refractivity contribution < 1.29 is 14.2 Å². The SMILES string of the molecule is COc1cc(-c2n[nH]c(=S)n2/N=C/c2ccccn2)cc(OC)c1OC. The lowest BCUT2D eigenvalue weighted by Gasteiger charge is -2.13. The average molecular weight is 371 g/mol. The molecule has 1 N–H and O–H groups in total. The molecular formula is C17H17N5O3S. The van der Waals surface area contributed by atoms with Gasteiger partial charge in [0.15, 0.2) is 17.3 Å². The smallest absolute Gasteiger partial charge is 0.216 e. The van der Waals surface area contributed by atoms with Crippen molar-refractivity contribution in [2.45, 2.75) is 0 Å². The van der Waals surface area contributed by atoms with Gasteiger partial charge in [0.25, 0.3) is 0 Å². The summed E-state index contributed by atoms with van der Waals surface area (Å²) in [7, 11) is 4.65. The summed E-state index contributed by atoms with van der Waals surface area (Å²) in [6.45, 7) is 0. The third-order valence-electron chi connectivity index (χ3n) is 3.57. The van der Waals surface area contributed by atoms with Crippen LogP contribution in [0.2, 0.25) is 0 Å². The fourth-order valence-electron chi connectivity index (χ4n) is 2.37. The number of H-pyrrole nitrogens is 1. The standard InChI is InChI=1S/C17H17N5O3S/c1-23-13-8-11(9-14(24-2)15(13)25-3)16-20-21-17(26)22(16)19-10-12-6-4-5-7-18-12/h4-10H,1-3H3,(H,21,26)/b19-10+. The second-order valence-electron chi connectivity index (χ2n) is 5.08. The zero-order chi connectivity index (χ0) is 18.5. The van der Waals surface area contributed by atoms with Crippen molar-refractivity contribution in [2.75, 3.05) is 21.3 Å². The molecule has 9 heteroatoms. The zero-order valence-electron chi connectivity index (χ0n) is 14.5. The summed E-state index contributed by atoms with van der Waals surface area (Å²) in [6.07, 6.45) is 3.29. The lowest BCUT2D eigenvalue weighted by Crippen LogP contribution is -1.99. The van der Waals surface area contributed by atoms with Crippen molar-refractivity contribution >= 4 is 18.4 Å². The van der Waals surface area contributed by atoms with Crippen LogP contribution in [0.15, 0.2) is 41.6 Å². The molecule has 0 unspecified atom stereocenters. The molecule has 0 aliphatic rings. The third kappa shape index (κ3) is 3.42. The van der Waals surface area contributed by atoms with Gasteiger partial charge in [0.05, 0.1) is 33.2 Å². The maximum Gasteiger partial charge on any atom is 0.216 e. The van der Waals surface area contributed by atoms with Crippen molar-refractivity contribution in [1.82, 2.24) is 19.9 Å². The molecule has 0 atom stereocenters. The Kier molecular flexibility index (Phi) is 5.28. The molecule has 3 rings (SSSR count). The van der Waals surface area contributed by atoms with Crippen LogP contribution < -0.4 is 14.2 Å². The Morgan fingerprint density at radius 3 is 2.42 bits per heavy atom. The number of benzene rings is 1. The third-order valence-corrected chi connectivity index (χ3v) is 3.83. The predicted octanol–water partition coefficient (Wildman–Crippen LogP) is 2.91. The summed E-state index contributed by atoms with van der Waals surface area (Å²) in [6, 6.07) is 9.11. The Hall–Kier alpha value is -3.20. The van der Waals surface area contributed by atoms with Gasteiger partial charge in [-0.1, -0.05) is 6.07 Å². The number of hydrogen-bond acceptors (Lipinski definition) is 7. The predicted molar refractivity (Wildman–Crippen MR) is 99.7 cm³/mol. The van der Waals surface area contributed by atoms with Crippen molar-refractivity contribution in [3.63, 3.8) is 0 Å². The van der Waals surface area contributed by atoms with Crippen LogP contribution in [0.4, 0.5) is 0 Å². The molecule has 0 saturated heterocycles. The monoisotopic (exact) mass is 371 g/mol. The maximum absolute atomic E-state index is 5.39. The van der Waals surface area contributed by atoms with Gasteiger partial charge in [-0.2, -0.15) is 14.9 Å². The number of methoxy groups -OCH3 is 3. The van der Waals surface area contributed by atoms with Gasteiger partial charge in [-0.3, -0.25) is 4.98 Å². The van der Waals surface area contributed by atoms with Crippen LogP contribution in [0.5, 0.6) is 17.2 Å². The number of aromatic nitrogens is 4. The molecule has 2 heterocycles. The molecule has 0 aliphatic carbocycles. The molecule has 0 spiro atoms. The quantitative estimate of drug-likeness (QED) is 0.530. The number of pyridine rings is 1. The summed E-state index contributed by atoms with van der Waals surface area (Å²) < 4.78 is 18.0. The first-order chi connectivity index (χ1) is 12.7. The van der Waals surface area contributed by atoms with E-state index in [1.165, 1.54) is 4.68 Å². The van der Waals surface area contributed by atoms with Crippen LogP contribution in [0.1, 0.15) is 5.69 Å². The van der Waals surface area contributed by atoms with E-state index in [0.29, 0.717) is 39.1 Å². The summed E-state index contributed by atoms with van der Waals surface area (Å²) in [5.41, 5.74) is 1.40. The molecular weight excluding hydrogens is 354 g/mol. The van der Waals surface area contributed by atoms with E-state index in [1.54, 1.807) is 45.9 Å². The molecule has 0 fully saturated rings. The summed E-state index contributed by atoms with van der Waals surface area (Å²) in [5.74, 6) is 2.02. The van der Waals surface area contributed by atoms with Crippen LogP contribution in [0.3, 0.4) is 0 Å². The van der Waals surface area contributed by atoms with Crippen LogP contribution in [-0.2, 0) is 0 Å². The second-order valence-corrected chi connectivity index (χ2v) is 5.46. The lowest BCUT2D eigenvalue weighted by atomic mass is 10.1. The second kappa shape index (κ2) is 7.79. The molecule has 26 heavy (non-hydrogen) atoms. The van der Waals surface area contributed by atoms with E-state index in [-0.39, 0.29) is 0 Å². The van der Waals surface area contributed by atoms with E-state index in [1.807, 2.05) is 18.2 Å². The van der Waals surface area contributed by atoms with Crippen LogP contribution >= 0.6 is 12.2 Å². The molecule has 0 radical (unpaired) electrons. The Labute approximate surface area is 155 Å². The van der Waals surface area contributed by atoms with E-state index in [4.69, 9.17) is 26.4 Å². The number of nitrogens with zero attached hydrogens (tertiary/aromatic N) is 4. The van der Waals surface area contributed by atoms with Gasteiger partial charge >= 0.3 is 0 Å². The first kappa shape index (κ1) is 17.6. The van der Waals surface area contributed by atoms with Crippen molar-refractivity contribution in [2.24, 2.45) is 5.10 Å². The molecule has 3 aromatic rings. The maximum atomic E-state index is 5.39. The average Bonchev–Trinajstić information content (AvgIpc) is 3.06. The van der Waals surface area contributed by atoms with Crippen molar-refractivity contribution in [3.8, 4) is 28.6 Å². The number of ether oxygens (including phenoxy) is 3. The highest BCUT2D eigenvalue weighted by Gasteiger charge is 2.17. The van der Waals surface area contributed by atoms with E-state index in [9.17, 15) is 0 Å². The zero-order valence-corrected chi connectivity index (χ0v) is 15.3. The summed E-state index contributed by atoms with van der Waals surface area (Å²) in [5, 5.41) is 11.4. The van der Waals surface area contributed by atoms with Gasteiger partial charge in [0.1, 0.15) is 0 Å². The van der Waals surface area contributed by atoms with Gasteiger partial charge in [-0.25, -0.2) is 5.10 Å². The van der Waals surface area contributed by atoms with Gasteiger partial charge in [0.2, 0.25) is 10.5 Å². The molecule has 0 aliphatic heterocycles. The lowest BCUT2D eigenvalue weighted by molar-refractivity contribution is 0.324. The topological polar surface area (TPSA) is 86.6 Å². The Balaban J connectivity index is 2.09. The van der Waals surface area contributed by atoms with E-state index < -0.39 is 0 Å². The fourth-order valence-corrected chi connectivity index (χ4v) is 2.54. The molecule has 8 nitrogen and oxygen atoms in total. The van der Waals surface area contributed by atoms with E-state index >= 15 is 0 Å².